The van der Waals surface area contributed by atoms with Gasteiger partial charge in [-0.25, -0.2) is 4.98 Å². The second-order valence-electron chi connectivity index (χ2n) is 3.88. The van der Waals surface area contributed by atoms with Crippen molar-refractivity contribution in [3.8, 4) is 5.88 Å². The zero-order valence-corrected chi connectivity index (χ0v) is 11.4. The summed E-state index contributed by atoms with van der Waals surface area (Å²) in [5, 5.41) is 3.47. The number of aromatic nitrogens is 2. The van der Waals surface area contributed by atoms with Crippen molar-refractivity contribution < 1.29 is 4.74 Å². The number of likely N-dealkylation sites (N-methyl/N-ethyl adjacent to an activating group) is 1. The molecule has 18 heavy (non-hydrogen) atoms. The molecule has 96 valence electrons. The Hall–Kier alpha value is -1.46. The van der Waals surface area contributed by atoms with Crippen LogP contribution in [0.5, 0.6) is 5.88 Å². The molecule has 0 saturated carbocycles. The molecule has 0 amide bonds. The first kappa shape index (κ1) is 13.0. The monoisotopic (exact) mass is 263 g/mol. The summed E-state index contributed by atoms with van der Waals surface area (Å²) in [6.07, 6.45) is 4.57. The minimum Gasteiger partial charge on any atom is -0.481 e. The number of rotatable bonds is 6. The van der Waals surface area contributed by atoms with Gasteiger partial charge in [0.2, 0.25) is 5.88 Å². The van der Waals surface area contributed by atoms with Crippen LogP contribution in [0.2, 0.25) is 0 Å². The third-order valence-electron chi connectivity index (χ3n) is 2.71. The summed E-state index contributed by atoms with van der Waals surface area (Å²) in [6.45, 7) is 3.00. The van der Waals surface area contributed by atoms with Crippen LogP contribution in [0.3, 0.4) is 0 Å². The molecule has 2 rings (SSSR count). The quantitative estimate of drug-likeness (QED) is 0.869. The van der Waals surface area contributed by atoms with Crippen LogP contribution >= 0.6 is 11.3 Å². The Labute approximate surface area is 111 Å². The molecule has 0 spiro atoms. The maximum Gasteiger partial charge on any atom is 0.217 e. The van der Waals surface area contributed by atoms with Gasteiger partial charge in [-0.15, -0.1) is 11.3 Å². The van der Waals surface area contributed by atoms with Crippen molar-refractivity contribution in [1.82, 2.24) is 15.3 Å². The molecule has 2 aromatic rings. The fraction of sp³-hybridized carbons (Fsp3) is 0.385. The average Bonchev–Trinajstić information content (AvgIpc) is 2.91. The van der Waals surface area contributed by atoms with Gasteiger partial charge < -0.3 is 10.1 Å². The van der Waals surface area contributed by atoms with Crippen molar-refractivity contribution in [3.63, 3.8) is 0 Å². The summed E-state index contributed by atoms with van der Waals surface area (Å²) >= 11 is 1.67. The molecule has 0 bridgehead atoms. The number of ether oxygens (including phenoxy) is 1. The Morgan fingerprint density at radius 2 is 2.39 bits per heavy atom. The summed E-state index contributed by atoms with van der Waals surface area (Å²) in [6, 6.07) is 4.20. The maximum absolute atomic E-state index is 5.33. The molecular weight excluding hydrogens is 246 g/mol. The van der Waals surface area contributed by atoms with Crippen LogP contribution in [0.25, 0.3) is 0 Å². The van der Waals surface area contributed by atoms with E-state index >= 15 is 0 Å². The third kappa shape index (κ3) is 3.05. The topological polar surface area (TPSA) is 47.0 Å². The van der Waals surface area contributed by atoms with Crippen molar-refractivity contribution in [2.24, 2.45) is 0 Å². The van der Waals surface area contributed by atoms with Gasteiger partial charge in [0.05, 0.1) is 12.6 Å². The van der Waals surface area contributed by atoms with E-state index in [-0.39, 0.29) is 6.04 Å². The Balaban J connectivity index is 2.23. The van der Waals surface area contributed by atoms with E-state index in [1.54, 1.807) is 24.6 Å². The van der Waals surface area contributed by atoms with Crippen LogP contribution in [0, 0.1) is 0 Å². The maximum atomic E-state index is 5.33. The number of hydrogen-bond acceptors (Lipinski definition) is 5. The Bertz CT molecular complexity index is 473. The van der Waals surface area contributed by atoms with Crippen LogP contribution in [0.15, 0.2) is 30.0 Å². The van der Waals surface area contributed by atoms with E-state index in [0.717, 1.165) is 18.5 Å². The van der Waals surface area contributed by atoms with E-state index in [9.17, 15) is 0 Å². The van der Waals surface area contributed by atoms with E-state index in [2.05, 4.69) is 28.3 Å². The number of nitrogens with zero attached hydrogens (tertiary/aromatic N) is 2. The molecular formula is C13H17N3OS. The second kappa shape index (κ2) is 6.47. The first-order chi connectivity index (χ1) is 8.85. The minimum absolute atomic E-state index is 0.208. The Morgan fingerprint density at radius 1 is 1.50 bits per heavy atom. The molecule has 0 aliphatic heterocycles. The van der Waals surface area contributed by atoms with Crippen molar-refractivity contribution in [3.05, 3.63) is 40.5 Å². The van der Waals surface area contributed by atoms with Gasteiger partial charge in [0.15, 0.2) is 0 Å². The summed E-state index contributed by atoms with van der Waals surface area (Å²) in [7, 11) is 1.65. The van der Waals surface area contributed by atoms with E-state index in [4.69, 9.17) is 4.74 Å². The molecule has 4 nitrogen and oxygen atoms in total. The van der Waals surface area contributed by atoms with Crippen molar-refractivity contribution >= 4 is 11.3 Å². The van der Waals surface area contributed by atoms with Crippen LogP contribution in [-0.2, 0) is 6.42 Å². The third-order valence-corrected chi connectivity index (χ3v) is 3.51. The molecule has 0 aliphatic rings. The first-order valence-electron chi connectivity index (χ1n) is 5.94. The molecule has 0 radical (unpaired) electrons. The highest BCUT2D eigenvalue weighted by atomic mass is 32.1. The van der Waals surface area contributed by atoms with Gasteiger partial charge in [-0.1, -0.05) is 13.0 Å². The first-order valence-corrected chi connectivity index (χ1v) is 6.82. The lowest BCUT2D eigenvalue weighted by atomic mass is 10.0. The number of nitrogens with one attached hydrogen (secondary N) is 1. The van der Waals surface area contributed by atoms with Crippen LogP contribution in [-0.4, -0.2) is 23.6 Å². The zero-order valence-electron chi connectivity index (χ0n) is 10.6. The van der Waals surface area contributed by atoms with Gasteiger partial charge in [0.1, 0.15) is 0 Å². The summed E-state index contributed by atoms with van der Waals surface area (Å²) in [5.74, 6) is 0.688. The molecule has 1 unspecified atom stereocenters. The molecule has 1 N–H and O–H groups in total. The second-order valence-corrected chi connectivity index (χ2v) is 4.85. The lowest BCUT2D eigenvalue weighted by molar-refractivity contribution is 0.382. The van der Waals surface area contributed by atoms with Crippen molar-refractivity contribution in [2.45, 2.75) is 19.4 Å². The summed E-state index contributed by atoms with van der Waals surface area (Å²) in [4.78, 5) is 9.63. The Morgan fingerprint density at radius 3 is 3.06 bits per heavy atom. The average molecular weight is 263 g/mol. The van der Waals surface area contributed by atoms with E-state index in [1.165, 1.54) is 4.88 Å². The van der Waals surface area contributed by atoms with Gasteiger partial charge >= 0.3 is 0 Å². The summed E-state index contributed by atoms with van der Waals surface area (Å²) < 4.78 is 5.33. The van der Waals surface area contributed by atoms with Gasteiger partial charge in [0, 0.05) is 35.3 Å². The number of methoxy groups -OCH3 is 1. The van der Waals surface area contributed by atoms with E-state index in [1.807, 2.05) is 17.8 Å². The van der Waals surface area contributed by atoms with E-state index < -0.39 is 0 Å². The normalized spacial score (nSPS) is 12.3. The van der Waals surface area contributed by atoms with Crippen LogP contribution in [0.1, 0.15) is 23.4 Å². The minimum atomic E-state index is 0.208. The Kier molecular flexibility index (Phi) is 4.66. The van der Waals surface area contributed by atoms with Crippen LogP contribution < -0.4 is 10.1 Å². The molecule has 2 aromatic heterocycles. The predicted octanol–water partition coefficient (Wildman–Crippen LogP) is 2.44. The summed E-state index contributed by atoms with van der Waals surface area (Å²) in [5.41, 5.74) is 2.95. The molecule has 0 saturated heterocycles. The fourth-order valence-corrected chi connectivity index (χ4v) is 2.56. The highest BCUT2D eigenvalue weighted by Gasteiger charge is 2.16. The standard InChI is InChI=1S/C13H17N3OS/c1-3-15-12(7-10-8-14-9-18-10)11-5-4-6-16-13(11)17-2/h4-6,8-9,12,15H,3,7H2,1-2H3. The van der Waals surface area contributed by atoms with Gasteiger partial charge in [0.25, 0.3) is 0 Å². The molecule has 2 heterocycles. The van der Waals surface area contributed by atoms with Gasteiger partial charge in [-0.05, 0) is 12.6 Å². The predicted molar refractivity (Wildman–Crippen MR) is 73.0 cm³/mol. The molecule has 0 aliphatic carbocycles. The SMILES string of the molecule is CCNC(Cc1cncs1)c1cccnc1OC. The van der Waals surface area contributed by atoms with Gasteiger partial charge in [-0.2, -0.15) is 0 Å². The molecule has 0 aromatic carbocycles. The molecule has 1 atom stereocenters. The lowest BCUT2D eigenvalue weighted by Crippen LogP contribution is -2.23. The molecule has 5 heteroatoms. The largest absolute Gasteiger partial charge is 0.481 e. The number of hydrogen-bond donors (Lipinski definition) is 1. The van der Waals surface area contributed by atoms with E-state index in [0.29, 0.717) is 5.88 Å². The highest BCUT2D eigenvalue weighted by Crippen LogP contribution is 2.26. The lowest BCUT2D eigenvalue weighted by Gasteiger charge is -2.19. The fourth-order valence-electron chi connectivity index (χ4n) is 1.92. The number of thiazole rings is 1. The zero-order chi connectivity index (χ0) is 12.8. The number of pyridine rings is 1. The van der Waals surface area contributed by atoms with Crippen molar-refractivity contribution in [2.75, 3.05) is 13.7 Å². The van der Waals surface area contributed by atoms with Crippen molar-refractivity contribution in [1.29, 1.82) is 0 Å². The van der Waals surface area contributed by atoms with Crippen LogP contribution in [0.4, 0.5) is 0 Å². The van der Waals surface area contributed by atoms with Gasteiger partial charge in [-0.3, -0.25) is 4.98 Å². The molecule has 0 fully saturated rings. The highest BCUT2D eigenvalue weighted by molar-refractivity contribution is 7.09. The smallest absolute Gasteiger partial charge is 0.217 e.